The van der Waals surface area contributed by atoms with E-state index >= 15 is 0 Å². The van der Waals surface area contributed by atoms with Crippen LogP contribution >= 0.6 is 23.2 Å². The van der Waals surface area contributed by atoms with Crippen molar-refractivity contribution in [1.29, 1.82) is 0 Å². The number of carbonyl (C=O) groups is 2. The maximum absolute atomic E-state index is 14.3. The lowest BCUT2D eigenvalue weighted by Gasteiger charge is -2.33. The summed E-state index contributed by atoms with van der Waals surface area (Å²) in [6, 6.07) is 14.3. The summed E-state index contributed by atoms with van der Waals surface area (Å²) in [5.74, 6) is -0.352. The largest absolute Gasteiger partial charge is 0.495 e. The number of ether oxygens (including phenoxy) is 3. The first-order chi connectivity index (χ1) is 20.9. The van der Waals surface area contributed by atoms with Gasteiger partial charge in [0.25, 0.3) is 10.0 Å². The lowest BCUT2D eigenvalue weighted by atomic mass is 10.1. The molecular formula is C31H37Cl2N3O7S. The first-order valence-electron chi connectivity index (χ1n) is 13.8. The summed E-state index contributed by atoms with van der Waals surface area (Å²) in [5.41, 5.74) is 0.729. The van der Waals surface area contributed by atoms with E-state index in [1.165, 1.54) is 56.6 Å². The first-order valence-corrected chi connectivity index (χ1v) is 16.0. The lowest BCUT2D eigenvalue weighted by Crippen LogP contribution is -2.52. The van der Waals surface area contributed by atoms with E-state index in [0.717, 1.165) is 4.31 Å². The van der Waals surface area contributed by atoms with Crippen LogP contribution in [-0.2, 0) is 26.2 Å². The molecule has 44 heavy (non-hydrogen) atoms. The third-order valence-corrected chi connectivity index (χ3v) is 9.31. The van der Waals surface area contributed by atoms with Crippen LogP contribution in [0.1, 0.15) is 32.8 Å². The Kier molecular flexibility index (Phi) is 12.2. The van der Waals surface area contributed by atoms with Gasteiger partial charge in [0.2, 0.25) is 11.8 Å². The van der Waals surface area contributed by atoms with Crippen LogP contribution in [0.25, 0.3) is 0 Å². The van der Waals surface area contributed by atoms with Gasteiger partial charge in [-0.1, -0.05) is 42.3 Å². The van der Waals surface area contributed by atoms with E-state index in [2.05, 4.69) is 5.32 Å². The maximum Gasteiger partial charge on any atom is 0.265 e. The first kappa shape index (κ1) is 34.8. The molecule has 0 bridgehead atoms. The Labute approximate surface area is 268 Å². The summed E-state index contributed by atoms with van der Waals surface area (Å²) >= 11 is 12.4. The second kappa shape index (κ2) is 15.4. The maximum atomic E-state index is 14.3. The summed E-state index contributed by atoms with van der Waals surface area (Å²) < 4.78 is 45.6. The molecule has 0 heterocycles. The van der Waals surface area contributed by atoms with Crippen LogP contribution in [-0.4, -0.2) is 65.1 Å². The molecule has 3 rings (SSSR count). The van der Waals surface area contributed by atoms with Gasteiger partial charge in [-0.25, -0.2) is 8.42 Å². The van der Waals surface area contributed by atoms with Crippen LogP contribution in [0.4, 0.5) is 5.69 Å². The van der Waals surface area contributed by atoms with E-state index < -0.39 is 28.5 Å². The van der Waals surface area contributed by atoms with Gasteiger partial charge in [0.1, 0.15) is 18.3 Å². The van der Waals surface area contributed by atoms with Crippen molar-refractivity contribution in [2.24, 2.45) is 0 Å². The topological polar surface area (TPSA) is 114 Å². The highest BCUT2D eigenvalue weighted by Crippen LogP contribution is 2.37. The van der Waals surface area contributed by atoms with Gasteiger partial charge in [0.15, 0.2) is 11.5 Å². The van der Waals surface area contributed by atoms with Crippen molar-refractivity contribution in [3.8, 4) is 17.2 Å². The van der Waals surface area contributed by atoms with E-state index in [1.807, 2.05) is 13.8 Å². The number of hydrogen-bond donors (Lipinski definition) is 1. The van der Waals surface area contributed by atoms with Crippen molar-refractivity contribution in [3.63, 3.8) is 0 Å². The summed E-state index contributed by atoms with van der Waals surface area (Å²) in [4.78, 5) is 28.6. The molecule has 10 nitrogen and oxygen atoms in total. The van der Waals surface area contributed by atoms with Crippen molar-refractivity contribution in [2.75, 3.05) is 32.2 Å². The molecule has 13 heteroatoms. The Morgan fingerprint density at radius 1 is 0.841 bits per heavy atom. The second-order valence-electron chi connectivity index (χ2n) is 9.99. The number of rotatable bonds is 14. The zero-order valence-corrected chi connectivity index (χ0v) is 27.8. The second-order valence-corrected chi connectivity index (χ2v) is 12.7. The number of methoxy groups -OCH3 is 3. The van der Waals surface area contributed by atoms with Crippen LogP contribution in [0.15, 0.2) is 65.6 Å². The molecular weight excluding hydrogens is 629 g/mol. The molecule has 0 spiro atoms. The van der Waals surface area contributed by atoms with Crippen LogP contribution < -0.4 is 23.8 Å². The average Bonchev–Trinajstić information content (AvgIpc) is 3.02. The molecule has 0 saturated carbocycles. The van der Waals surface area contributed by atoms with Gasteiger partial charge in [0, 0.05) is 28.7 Å². The van der Waals surface area contributed by atoms with Crippen LogP contribution in [0, 0.1) is 0 Å². The van der Waals surface area contributed by atoms with Gasteiger partial charge in [-0.05, 0) is 68.3 Å². The zero-order chi connectivity index (χ0) is 32.6. The number of carbonyl (C=O) groups excluding carboxylic acids is 2. The van der Waals surface area contributed by atoms with Crippen molar-refractivity contribution < 1.29 is 32.2 Å². The summed E-state index contributed by atoms with van der Waals surface area (Å²) in [6.07, 6.45) is 0.690. The highest BCUT2D eigenvalue weighted by molar-refractivity contribution is 7.92. The van der Waals surface area contributed by atoms with Crippen LogP contribution in [0.5, 0.6) is 17.2 Å². The van der Waals surface area contributed by atoms with Gasteiger partial charge < -0.3 is 24.4 Å². The fourth-order valence-corrected chi connectivity index (χ4v) is 6.04. The number of anilines is 1. The van der Waals surface area contributed by atoms with Gasteiger partial charge in [-0.15, -0.1) is 0 Å². The lowest BCUT2D eigenvalue weighted by molar-refractivity contribution is -0.139. The third kappa shape index (κ3) is 8.28. The Balaban J connectivity index is 2.14. The molecule has 0 unspecified atom stereocenters. The average molecular weight is 667 g/mol. The molecule has 2 atom stereocenters. The Morgan fingerprint density at radius 2 is 1.43 bits per heavy atom. The number of hydrogen-bond acceptors (Lipinski definition) is 7. The predicted molar refractivity (Wildman–Crippen MR) is 171 cm³/mol. The quantitative estimate of drug-likeness (QED) is 0.240. The minimum absolute atomic E-state index is 0.0159. The molecule has 0 aliphatic rings. The number of halogens is 2. The minimum Gasteiger partial charge on any atom is -0.495 e. The predicted octanol–water partition coefficient (Wildman–Crippen LogP) is 5.55. The molecule has 0 radical (unpaired) electrons. The number of sulfonamides is 1. The molecule has 0 aliphatic carbocycles. The van der Waals surface area contributed by atoms with E-state index in [9.17, 15) is 18.0 Å². The van der Waals surface area contributed by atoms with Crippen molar-refractivity contribution in [3.05, 3.63) is 76.3 Å². The minimum atomic E-state index is -4.44. The molecule has 3 aromatic rings. The Bertz CT molecular complexity index is 1570. The number of benzene rings is 3. The third-order valence-electron chi connectivity index (χ3n) is 7.07. The molecule has 1 N–H and O–H groups in total. The smallest absolute Gasteiger partial charge is 0.265 e. The Hall–Kier alpha value is -3.67. The molecule has 238 valence electrons. The fraction of sp³-hybridized carbons (Fsp3) is 0.355. The van der Waals surface area contributed by atoms with Crippen molar-refractivity contribution in [1.82, 2.24) is 10.2 Å². The fourth-order valence-electron chi connectivity index (χ4n) is 4.31. The molecule has 0 fully saturated rings. The van der Waals surface area contributed by atoms with Crippen molar-refractivity contribution >= 4 is 50.7 Å². The monoisotopic (exact) mass is 665 g/mol. The van der Waals surface area contributed by atoms with E-state index in [0.29, 0.717) is 22.8 Å². The summed E-state index contributed by atoms with van der Waals surface area (Å²) in [6.45, 7) is 4.73. The van der Waals surface area contributed by atoms with Crippen LogP contribution in [0.3, 0.4) is 0 Å². The van der Waals surface area contributed by atoms with E-state index in [-0.39, 0.29) is 45.6 Å². The number of nitrogens with one attached hydrogen (secondary N) is 1. The summed E-state index contributed by atoms with van der Waals surface area (Å²) in [7, 11) is -0.247. The van der Waals surface area contributed by atoms with Gasteiger partial charge >= 0.3 is 0 Å². The highest BCUT2D eigenvalue weighted by Gasteiger charge is 2.34. The van der Waals surface area contributed by atoms with Gasteiger partial charge in [0.05, 0.1) is 31.9 Å². The molecule has 0 aliphatic heterocycles. The Morgan fingerprint density at radius 3 is 2.02 bits per heavy atom. The SMILES string of the molecule is CC[C@@H](C)NC(=O)[C@H](C)N(Cc1ccc(Cl)cc1)C(=O)CN(c1cc(Cl)ccc1OC)S(=O)(=O)c1ccc(OC)c(OC)c1. The molecule has 0 saturated heterocycles. The molecule has 3 aromatic carbocycles. The normalized spacial score (nSPS) is 12.5. The van der Waals surface area contributed by atoms with Gasteiger partial charge in [-0.2, -0.15) is 0 Å². The number of nitrogens with zero attached hydrogens (tertiary/aromatic N) is 2. The number of amides is 2. The van der Waals surface area contributed by atoms with Gasteiger partial charge in [-0.3, -0.25) is 13.9 Å². The van der Waals surface area contributed by atoms with E-state index in [4.69, 9.17) is 37.4 Å². The highest BCUT2D eigenvalue weighted by atomic mass is 35.5. The molecule has 0 aromatic heterocycles. The van der Waals surface area contributed by atoms with Crippen LogP contribution in [0.2, 0.25) is 10.0 Å². The molecule has 2 amide bonds. The van der Waals surface area contributed by atoms with Crippen molar-refractivity contribution in [2.45, 2.75) is 50.7 Å². The zero-order valence-electron chi connectivity index (χ0n) is 25.5. The van der Waals surface area contributed by atoms with E-state index in [1.54, 1.807) is 37.3 Å². The summed E-state index contributed by atoms with van der Waals surface area (Å²) in [5, 5.41) is 3.63. The standard InChI is InChI=1S/C31H37Cl2N3O7S/c1-7-20(2)34-31(38)21(3)35(18-22-8-10-23(32)11-9-22)30(37)19-36(26-16-24(33)12-14-27(26)41-4)44(39,40)25-13-15-28(42-5)29(17-25)43-6/h8-17,20-21H,7,18-19H2,1-6H3,(H,34,38)/t20-,21+/m1/s1.